The molecule has 0 spiro atoms. The van der Waals surface area contributed by atoms with E-state index in [1.807, 2.05) is 20.4 Å². The summed E-state index contributed by atoms with van der Waals surface area (Å²) < 4.78 is 10.8. The van der Waals surface area contributed by atoms with E-state index in [1.165, 1.54) is 0 Å². The van der Waals surface area contributed by atoms with Gasteiger partial charge in [-0.05, 0) is 20.4 Å². The molecule has 0 fully saturated rings. The molecule has 0 N–H and O–H groups in total. The van der Waals surface area contributed by atoms with Crippen molar-refractivity contribution in [2.75, 3.05) is 13.2 Å². The third-order valence-electron chi connectivity index (χ3n) is 1.36. The van der Waals surface area contributed by atoms with E-state index in [-0.39, 0.29) is 62.5 Å². The van der Waals surface area contributed by atoms with Crippen molar-refractivity contribution in [3.63, 3.8) is 0 Å². The van der Waals surface area contributed by atoms with Crippen LogP contribution in [0.4, 0.5) is 0 Å². The summed E-state index contributed by atoms with van der Waals surface area (Å²) in [5.41, 5.74) is 0. The van der Waals surface area contributed by atoms with Crippen LogP contribution in [-0.2, 0) is 8.85 Å². The van der Waals surface area contributed by atoms with Crippen LogP contribution < -0.4 is 56.5 Å². The van der Waals surface area contributed by atoms with Gasteiger partial charge >= 0.3 is 59.9 Å². The molecule has 0 heterocycles. The Hall–Kier alpha value is 1.66. The van der Waals surface area contributed by atoms with Gasteiger partial charge < -0.3 is 14.0 Å². The quantitative estimate of drug-likeness (QED) is 0.395. The third-order valence-corrected chi connectivity index (χ3v) is 4.53. The molecule has 0 aliphatic carbocycles. The summed E-state index contributed by atoms with van der Waals surface area (Å²) in [6.07, 6.45) is 0. The second-order valence-electron chi connectivity index (χ2n) is 2.55. The van der Waals surface area contributed by atoms with Crippen LogP contribution in [0.3, 0.4) is 0 Å². The first-order valence-electron chi connectivity index (χ1n) is 4.02. The summed E-state index contributed by atoms with van der Waals surface area (Å²) >= 11 is 4.49. The van der Waals surface area contributed by atoms with Gasteiger partial charge in [-0.2, -0.15) is 0 Å². The molecule has 0 aliphatic heterocycles. The molecule has 0 rings (SSSR count). The van der Waals surface area contributed by atoms with Crippen molar-refractivity contribution >= 4 is 25.8 Å². The van der Waals surface area contributed by atoms with Gasteiger partial charge in [-0.3, -0.25) is 0 Å². The predicted octanol–water partition coefficient (Wildman–Crippen LogP) is -2.18. The standard InChI is InChI=1S/C7H16O3SSi.K/c1-4-9-12(3,10-5-2)6-7(8)11;/h4-6H2,1-3H3,(H,8,11);/q;+1/p-1. The van der Waals surface area contributed by atoms with E-state index in [0.29, 0.717) is 13.2 Å². The largest absolute Gasteiger partial charge is 1.00 e. The first-order chi connectivity index (χ1) is 5.54. The Labute approximate surface area is 129 Å². The van der Waals surface area contributed by atoms with Crippen LogP contribution in [0.1, 0.15) is 13.8 Å². The number of thiocarbonyl (C=S) groups is 1. The maximum absolute atomic E-state index is 10.7. The molecule has 0 bridgehead atoms. The molecule has 0 aromatic rings. The Morgan fingerprint density at radius 3 is 1.92 bits per heavy atom. The molecular formula is C7H15KO3SSi. The van der Waals surface area contributed by atoms with Gasteiger partial charge in [0.1, 0.15) is 0 Å². The van der Waals surface area contributed by atoms with Crippen molar-refractivity contribution in [2.45, 2.75) is 26.4 Å². The molecule has 0 atom stereocenters. The van der Waals surface area contributed by atoms with Gasteiger partial charge in [0.25, 0.3) is 0 Å². The number of hydrogen-bond acceptors (Lipinski definition) is 4. The predicted molar refractivity (Wildman–Crippen MR) is 52.3 cm³/mol. The van der Waals surface area contributed by atoms with E-state index in [9.17, 15) is 5.11 Å². The fourth-order valence-electron chi connectivity index (χ4n) is 1.02. The summed E-state index contributed by atoms with van der Waals surface area (Å²) in [7, 11) is -2.27. The van der Waals surface area contributed by atoms with E-state index < -0.39 is 8.56 Å². The molecule has 0 saturated heterocycles. The van der Waals surface area contributed by atoms with Gasteiger partial charge in [-0.15, -0.1) is 12.2 Å². The summed E-state index contributed by atoms with van der Waals surface area (Å²) in [5.74, 6) is 0. The maximum atomic E-state index is 10.7. The average Bonchev–Trinajstić information content (AvgIpc) is 1.85. The number of hydrogen-bond donors (Lipinski definition) is 0. The minimum Gasteiger partial charge on any atom is -0.868 e. The minimum atomic E-state index is -2.27. The molecule has 0 saturated carbocycles. The zero-order valence-corrected chi connectivity index (χ0v) is 13.7. The van der Waals surface area contributed by atoms with E-state index in [4.69, 9.17) is 8.85 Å². The third kappa shape index (κ3) is 8.64. The Kier molecular flexibility index (Phi) is 11.7. The van der Waals surface area contributed by atoms with Gasteiger partial charge in [0.15, 0.2) is 0 Å². The van der Waals surface area contributed by atoms with Crippen LogP contribution in [0, 0.1) is 0 Å². The van der Waals surface area contributed by atoms with Gasteiger partial charge in [0.2, 0.25) is 0 Å². The average molecular weight is 246 g/mol. The number of rotatable bonds is 6. The molecule has 0 unspecified atom stereocenters. The molecule has 0 amide bonds. The molecule has 3 nitrogen and oxygen atoms in total. The van der Waals surface area contributed by atoms with Crippen LogP contribution >= 0.6 is 12.2 Å². The van der Waals surface area contributed by atoms with Crippen molar-refractivity contribution in [3.8, 4) is 0 Å². The van der Waals surface area contributed by atoms with Crippen LogP contribution in [0.15, 0.2) is 0 Å². The van der Waals surface area contributed by atoms with E-state index in [1.54, 1.807) is 0 Å². The monoisotopic (exact) mass is 246 g/mol. The summed E-state index contributed by atoms with van der Waals surface area (Å²) in [5, 5.41) is 10.4. The van der Waals surface area contributed by atoms with Crippen LogP contribution in [0.5, 0.6) is 0 Å². The SMILES string of the molecule is CCO[Si](C)(CC([O-])=S)OCC.[K+]. The molecular weight excluding hydrogens is 231 g/mol. The molecule has 0 aromatic heterocycles. The van der Waals surface area contributed by atoms with Crippen LogP contribution in [0.25, 0.3) is 0 Å². The molecule has 0 aromatic carbocycles. The second-order valence-corrected chi connectivity index (χ2v) is 6.20. The fraction of sp³-hybridized carbons (Fsp3) is 0.857. The first kappa shape index (κ1) is 17.1. The van der Waals surface area contributed by atoms with E-state index >= 15 is 0 Å². The summed E-state index contributed by atoms with van der Waals surface area (Å²) in [6, 6.07) is 0.268. The Bertz CT molecular complexity index is 151. The smallest absolute Gasteiger partial charge is 0.868 e. The topological polar surface area (TPSA) is 41.5 Å². The normalized spacial score (nSPS) is 10.7. The maximum Gasteiger partial charge on any atom is 1.00 e. The fourth-order valence-corrected chi connectivity index (χ4v) is 3.84. The Morgan fingerprint density at radius 1 is 1.31 bits per heavy atom. The van der Waals surface area contributed by atoms with Crippen molar-refractivity contribution in [1.82, 2.24) is 0 Å². The minimum absolute atomic E-state index is 0. The summed E-state index contributed by atoms with van der Waals surface area (Å²) in [6.45, 7) is 6.79. The first-order valence-corrected chi connectivity index (χ1v) is 6.95. The van der Waals surface area contributed by atoms with Crippen LogP contribution in [-0.4, -0.2) is 26.8 Å². The zero-order valence-electron chi connectivity index (χ0n) is 8.75. The Balaban J connectivity index is 0. The molecule has 6 heteroatoms. The van der Waals surface area contributed by atoms with Gasteiger partial charge in [0.05, 0.1) is 0 Å². The molecule has 0 aliphatic rings. The molecule has 0 radical (unpaired) electrons. The van der Waals surface area contributed by atoms with E-state index in [0.717, 1.165) is 0 Å². The van der Waals surface area contributed by atoms with Gasteiger partial charge in [-0.25, -0.2) is 0 Å². The Morgan fingerprint density at radius 2 is 1.69 bits per heavy atom. The van der Waals surface area contributed by atoms with Crippen molar-refractivity contribution in [3.05, 3.63) is 0 Å². The summed E-state index contributed by atoms with van der Waals surface area (Å²) in [4.78, 5) is 0. The molecule has 72 valence electrons. The van der Waals surface area contributed by atoms with Gasteiger partial charge in [-0.1, -0.05) is 5.05 Å². The second kappa shape index (κ2) is 8.93. The zero-order chi connectivity index (χ0) is 9.61. The van der Waals surface area contributed by atoms with Crippen LogP contribution in [0.2, 0.25) is 12.6 Å². The van der Waals surface area contributed by atoms with Crippen molar-refractivity contribution < 1.29 is 65.3 Å². The van der Waals surface area contributed by atoms with Gasteiger partial charge in [0, 0.05) is 19.3 Å². The van der Waals surface area contributed by atoms with Crippen molar-refractivity contribution in [1.29, 1.82) is 0 Å². The van der Waals surface area contributed by atoms with E-state index in [2.05, 4.69) is 12.2 Å². The molecule has 13 heavy (non-hydrogen) atoms. The van der Waals surface area contributed by atoms with Crippen molar-refractivity contribution in [2.24, 2.45) is 0 Å².